The summed E-state index contributed by atoms with van der Waals surface area (Å²) in [5.74, 6) is 0.989. The number of hydrogen-bond donors (Lipinski definition) is 1. The van der Waals surface area contributed by atoms with E-state index < -0.39 is 0 Å². The predicted molar refractivity (Wildman–Crippen MR) is 67.7 cm³/mol. The van der Waals surface area contributed by atoms with Crippen molar-refractivity contribution in [3.63, 3.8) is 0 Å². The third-order valence-electron chi connectivity index (χ3n) is 3.29. The van der Waals surface area contributed by atoms with Gasteiger partial charge in [0.1, 0.15) is 5.75 Å². The van der Waals surface area contributed by atoms with Crippen molar-refractivity contribution in [3.05, 3.63) is 29.3 Å². The molecule has 0 aromatic heterocycles. The standard InChI is InChI=1S/C14H19NO2/c1-10-5-6-13(17-2)12(8-10)14(16)11-4-3-7-15-9-11/h5-6,8,11,15H,3-4,7,9H2,1-2H3. The van der Waals surface area contributed by atoms with Crippen LogP contribution >= 0.6 is 0 Å². The van der Waals surface area contributed by atoms with Crippen molar-refractivity contribution in [2.45, 2.75) is 19.8 Å². The highest BCUT2D eigenvalue weighted by molar-refractivity contribution is 6.00. The molecule has 0 radical (unpaired) electrons. The van der Waals surface area contributed by atoms with Gasteiger partial charge in [0.25, 0.3) is 0 Å². The van der Waals surface area contributed by atoms with Crippen LogP contribution in [0.25, 0.3) is 0 Å². The normalized spacial score (nSPS) is 20.0. The van der Waals surface area contributed by atoms with Crippen LogP contribution in [-0.4, -0.2) is 26.0 Å². The first-order valence-electron chi connectivity index (χ1n) is 6.12. The molecular weight excluding hydrogens is 214 g/mol. The topological polar surface area (TPSA) is 38.3 Å². The van der Waals surface area contributed by atoms with Gasteiger partial charge in [-0.05, 0) is 38.4 Å². The van der Waals surface area contributed by atoms with Gasteiger partial charge in [-0.15, -0.1) is 0 Å². The zero-order chi connectivity index (χ0) is 12.3. The highest BCUT2D eigenvalue weighted by Crippen LogP contribution is 2.25. The van der Waals surface area contributed by atoms with Gasteiger partial charge < -0.3 is 10.1 Å². The molecule has 1 saturated heterocycles. The van der Waals surface area contributed by atoms with Crippen molar-refractivity contribution in [3.8, 4) is 5.75 Å². The Morgan fingerprint density at radius 3 is 2.94 bits per heavy atom. The summed E-state index contributed by atoms with van der Waals surface area (Å²) in [6.07, 6.45) is 2.05. The molecule has 0 aliphatic carbocycles. The fourth-order valence-corrected chi connectivity index (χ4v) is 2.31. The molecule has 3 heteroatoms. The molecule has 3 nitrogen and oxygen atoms in total. The van der Waals surface area contributed by atoms with E-state index in [-0.39, 0.29) is 11.7 Å². The molecular formula is C14H19NO2. The van der Waals surface area contributed by atoms with Crippen LogP contribution in [0.3, 0.4) is 0 Å². The zero-order valence-corrected chi connectivity index (χ0v) is 10.5. The Bertz CT molecular complexity index is 409. The maximum absolute atomic E-state index is 12.4. The molecule has 0 saturated carbocycles. The molecule has 92 valence electrons. The Morgan fingerprint density at radius 1 is 1.47 bits per heavy atom. The van der Waals surface area contributed by atoms with Crippen LogP contribution in [0.4, 0.5) is 0 Å². The number of rotatable bonds is 3. The summed E-state index contributed by atoms with van der Waals surface area (Å²) in [6, 6.07) is 5.77. The van der Waals surface area contributed by atoms with Crippen LogP contribution in [-0.2, 0) is 0 Å². The van der Waals surface area contributed by atoms with Crippen LogP contribution in [0.1, 0.15) is 28.8 Å². The summed E-state index contributed by atoms with van der Waals surface area (Å²) in [4.78, 5) is 12.4. The molecule has 1 atom stereocenters. The molecule has 2 rings (SSSR count). The lowest BCUT2D eigenvalue weighted by atomic mass is 9.90. The molecule has 1 heterocycles. The Hall–Kier alpha value is -1.35. The minimum Gasteiger partial charge on any atom is -0.496 e. The molecule has 1 fully saturated rings. The van der Waals surface area contributed by atoms with E-state index in [0.717, 1.165) is 37.1 Å². The summed E-state index contributed by atoms with van der Waals surface area (Å²) < 4.78 is 5.27. The number of ether oxygens (including phenoxy) is 1. The van der Waals surface area contributed by atoms with Crippen molar-refractivity contribution >= 4 is 5.78 Å². The quantitative estimate of drug-likeness (QED) is 0.813. The molecule has 1 aromatic carbocycles. The maximum Gasteiger partial charge on any atom is 0.170 e. The number of carbonyl (C=O) groups is 1. The lowest BCUT2D eigenvalue weighted by molar-refractivity contribution is 0.0896. The van der Waals surface area contributed by atoms with E-state index in [1.807, 2.05) is 25.1 Å². The van der Waals surface area contributed by atoms with Gasteiger partial charge >= 0.3 is 0 Å². The summed E-state index contributed by atoms with van der Waals surface area (Å²) in [5.41, 5.74) is 1.82. The summed E-state index contributed by atoms with van der Waals surface area (Å²) in [6.45, 7) is 3.81. The van der Waals surface area contributed by atoms with Crippen LogP contribution in [0.5, 0.6) is 5.75 Å². The van der Waals surface area contributed by atoms with Crippen LogP contribution < -0.4 is 10.1 Å². The molecule has 1 N–H and O–H groups in total. The number of Topliss-reactive ketones (excluding diaryl/α,β-unsaturated/α-hetero) is 1. The maximum atomic E-state index is 12.4. The smallest absolute Gasteiger partial charge is 0.170 e. The second kappa shape index (κ2) is 5.32. The molecule has 1 aromatic rings. The second-order valence-corrected chi connectivity index (χ2v) is 4.61. The monoisotopic (exact) mass is 233 g/mol. The van der Waals surface area contributed by atoms with Gasteiger partial charge in [-0.25, -0.2) is 0 Å². The summed E-state index contributed by atoms with van der Waals surface area (Å²) in [7, 11) is 1.61. The molecule has 1 aliphatic heterocycles. The van der Waals surface area contributed by atoms with Gasteiger partial charge in [0.15, 0.2) is 5.78 Å². The van der Waals surface area contributed by atoms with E-state index in [0.29, 0.717) is 5.75 Å². The first kappa shape index (κ1) is 12.1. The lowest BCUT2D eigenvalue weighted by Gasteiger charge is -2.22. The van der Waals surface area contributed by atoms with Gasteiger partial charge in [0.05, 0.1) is 12.7 Å². The van der Waals surface area contributed by atoms with E-state index >= 15 is 0 Å². The molecule has 1 unspecified atom stereocenters. The van der Waals surface area contributed by atoms with E-state index in [1.54, 1.807) is 7.11 Å². The molecule has 0 amide bonds. The third kappa shape index (κ3) is 2.67. The van der Waals surface area contributed by atoms with E-state index in [2.05, 4.69) is 5.32 Å². The first-order chi connectivity index (χ1) is 8.22. The fraction of sp³-hybridized carbons (Fsp3) is 0.500. The number of aryl methyl sites for hydroxylation is 1. The first-order valence-corrected chi connectivity index (χ1v) is 6.12. The van der Waals surface area contributed by atoms with Gasteiger partial charge in [-0.1, -0.05) is 11.6 Å². The number of hydrogen-bond acceptors (Lipinski definition) is 3. The van der Waals surface area contributed by atoms with Crippen LogP contribution in [0.2, 0.25) is 0 Å². The number of methoxy groups -OCH3 is 1. The van der Waals surface area contributed by atoms with Gasteiger partial charge in [-0.2, -0.15) is 0 Å². The van der Waals surface area contributed by atoms with Crippen molar-refractivity contribution in [2.24, 2.45) is 5.92 Å². The second-order valence-electron chi connectivity index (χ2n) is 4.61. The SMILES string of the molecule is COc1ccc(C)cc1C(=O)C1CCCNC1. The Morgan fingerprint density at radius 2 is 2.29 bits per heavy atom. The third-order valence-corrected chi connectivity index (χ3v) is 3.29. The fourth-order valence-electron chi connectivity index (χ4n) is 2.31. The average molecular weight is 233 g/mol. The summed E-state index contributed by atoms with van der Waals surface area (Å²) in [5, 5.41) is 3.28. The van der Waals surface area contributed by atoms with Gasteiger partial charge in [0, 0.05) is 12.5 Å². The predicted octanol–water partition coefficient (Wildman–Crippen LogP) is 2.19. The van der Waals surface area contributed by atoms with Crippen LogP contribution in [0, 0.1) is 12.8 Å². The minimum absolute atomic E-state index is 0.0967. The van der Waals surface area contributed by atoms with E-state index in [9.17, 15) is 4.79 Å². The zero-order valence-electron chi connectivity index (χ0n) is 10.5. The van der Waals surface area contributed by atoms with Gasteiger partial charge in [0.2, 0.25) is 0 Å². The number of nitrogens with one attached hydrogen (secondary N) is 1. The number of piperidine rings is 1. The number of carbonyl (C=O) groups excluding carboxylic acids is 1. The van der Waals surface area contributed by atoms with E-state index in [1.165, 1.54) is 0 Å². The largest absolute Gasteiger partial charge is 0.496 e. The minimum atomic E-state index is 0.0967. The Kier molecular flexibility index (Phi) is 3.79. The summed E-state index contributed by atoms with van der Waals surface area (Å²) >= 11 is 0. The van der Waals surface area contributed by atoms with E-state index in [4.69, 9.17) is 4.74 Å². The van der Waals surface area contributed by atoms with Gasteiger partial charge in [-0.3, -0.25) is 4.79 Å². The molecule has 17 heavy (non-hydrogen) atoms. The number of ketones is 1. The Balaban J connectivity index is 2.25. The molecule has 1 aliphatic rings. The van der Waals surface area contributed by atoms with Crippen molar-refractivity contribution in [1.82, 2.24) is 5.32 Å². The highest BCUT2D eigenvalue weighted by atomic mass is 16.5. The molecule has 0 spiro atoms. The lowest BCUT2D eigenvalue weighted by Crippen LogP contribution is -2.34. The van der Waals surface area contributed by atoms with Crippen molar-refractivity contribution < 1.29 is 9.53 Å². The van der Waals surface area contributed by atoms with Crippen LogP contribution in [0.15, 0.2) is 18.2 Å². The average Bonchev–Trinajstić information content (AvgIpc) is 2.39. The van der Waals surface area contributed by atoms with Crippen molar-refractivity contribution in [2.75, 3.05) is 20.2 Å². The number of benzene rings is 1. The van der Waals surface area contributed by atoms with Crippen molar-refractivity contribution in [1.29, 1.82) is 0 Å². The Labute approximate surface area is 102 Å². The highest BCUT2D eigenvalue weighted by Gasteiger charge is 2.24. The molecule has 0 bridgehead atoms.